The third-order valence-corrected chi connectivity index (χ3v) is 4.56. The van der Waals surface area contributed by atoms with Crippen molar-refractivity contribution in [2.45, 2.75) is 17.2 Å². The molecule has 1 fully saturated rings. The van der Waals surface area contributed by atoms with E-state index in [9.17, 15) is 22.0 Å². The Balaban J connectivity index is 1.86. The van der Waals surface area contributed by atoms with Crippen LogP contribution in [0.2, 0.25) is 0 Å². The normalized spacial score (nSPS) is 20.8. The Labute approximate surface area is 113 Å². The number of H-pyrrole nitrogens is 1. The quantitative estimate of drug-likeness (QED) is 0.904. The van der Waals surface area contributed by atoms with E-state index in [1.54, 1.807) is 23.1 Å². The van der Waals surface area contributed by atoms with Crippen molar-refractivity contribution in [1.29, 1.82) is 0 Å². The number of hydrogen-bond acceptors (Lipinski definition) is 3. The summed E-state index contributed by atoms with van der Waals surface area (Å²) in [5.74, 6) is -5.80. The average molecular weight is 300 g/mol. The molecular weight excluding hydrogens is 290 g/mol. The molecule has 2 N–H and O–H groups in total. The van der Waals surface area contributed by atoms with Gasteiger partial charge in [-0.05, 0) is 24.3 Å². The Hall–Kier alpha value is -1.96. The van der Waals surface area contributed by atoms with Crippen molar-refractivity contribution < 1.29 is 22.0 Å². The maximum absolute atomic E-state index is 12.7. The number of benzene rings is 1. The fraction of sp³-hybridized carbons (Fsp3) is 0.250. The third kappa shape index (κ3) is 2.15. The van der Waals surface area contributed by atoms with Crippen LogP contribution in [-0.4, -0.2) is 25.2 Å². The molecule has 1 saturated carbocycles. The van der Waals surface area contributed by atoms with Gasteiger partial charge in [-0.2, -0.15) is 0 Å². The first-order chi connectivity index (χ1) is 9.29. The summed E-state index contributed by atoms with van der Waals surface area (Å²) in [6, 6.07) is 5.89. The van der Waals surface area contributed by atoms with Crippen LogP contribution < -0.4 is 4.72 Å². The minimum Gasteiger partial charge on any atom is -0.361 e. The van der Waals surface area contributed by atoms with Gasteiger partial charge in [0.2, 0.25) is 5.91 Å². The molecule has 1 aliphatic rings. The molecule has 1 aliphatic carbocycles. The molecule has 3 rings (SSSR count). The van der Waals surface area contributed by atoms with Crippen molar-refractivity contribution in [3.05, 3.63) is 30.5 Å². The SMILES string of the molecule is O=C(NS(=O)(=O)c1ccc2[nH]ccc2c1)C1CC1(F)F. The maximum atomic E-state index is 12.7. The van der Waals surface area contributed by atoms with Crippen LogP contribution >= 0.6 is 0 Å². The van der Waals surface area contributed by atoms with E-state index in [4.69, 9.17) is 0 Å². The number of fused-ring (bicyclic) bond motifs is 1. The summed E-state index contributed by atoms with van der Waals surface area (Å²) in [5, 5.41) is 0.650. The number of rotatable bonds is 3. The van der Waals surface area contributed by atoms with Gasteiger partial charge < -0.3 is 4.98 Å². The molecule has 0 spiro atoms. The van der Waals surface area contributed by atoms with Crippen LogP contribution in [0, 0.1) is 5.92 Å². The van der Waals surface area contributed by atoms with Crippen LogP contribution in [0.25, 0.3) is 10.9 Å². The second-order valence-electron chi connectivity index (χ2n) is 4.71. The van der Waals surface area contributed by atoms with Crippen LogP contribution in [-0.2, 0) is 14.8 Å². The molecule has 106 valence electrons. The highest BCUT2D eigenvalue weighted by molar-refractivity contribution is 7.90. The predicted octanol–water partition coefficient (Wildman–Crippen LogP) is 1.63. The largest absolute Gasteiger partial charge is 0.361 e. The molecule has 8 heteroatoms. The van der Waals surface area contributed by atoms with Crippen molar-refractivity contribution in [3.8, 4) is 0 Å². The van der Waals surface area contributed by atoms with E-state index in [1.165, 1.54) is 12.1 Å². The van der Waals surface area contributed by atoms with Gasteiger partial charge in [0.1, 0.15) is 5.92 Å². The van der Waals surface area contributed by atoms with Crippen molar-refractivity contribution in [3.63, 3.8) is 0 Å². The van der Waals surface area contributed by atoms with Crippen LogP contribution in [0.15, 0.2) is 35.4 Å². The number of nitrogens with one attached hydrogen (secondary N) is 2. The zero-order valence-electron chi connectivity index (χ0n) is 10.1. The van der Waals surface area contributed by atoms with Gasteiger partial charge in [0.05, 0.1) is 4.90 Å². The summed E-state index contributed by atoms with van der Waals surface area (Å²) in [7, 11) is -4.13. The zero-order valence-corrected chi connectivity index (χ0v) is 10.9. The predicted molar refractivity (Wildman–Crippen MR) is 66.7 cm³/mol. The Kier molecular flexibility index (Phi) is 2.62. The highest BCUT2D eigenvalue weighted by atomic mass is 32.2. The van der Waals surface area contributed by atoms with E-state index >= 15 is 0 Å². The smallest absolute Gasteiger partial charge is 0.264 e. The standard InChI is InChI=1S/C12H10F2N2O3S/c13-12(14)6-9(12)11(17)16-20(18,19)8-1-2-10-7(5-8)3-4-15-10/h1-5,9,15H,6H2,(H,16,17). The van der Waals surface area contributed by atoms with E-state index in [1.807, 2.05) is 0 Å². The van der Waals surface area contributed by atoms with E-state index in [0.29, 0.717) is 5.39 Å². The lowest BCUT2D eigenvalue weighted by Gasteiger charge is -2.06. The Morgan fingerprint density at radius 1 is 1.35 bits per heavy atom. The molecule has 1 atom stereocenters. The first-order valence-corrected chi connectivity index (χ1v) is 7.29. The van der Waals surface area contributed by atoms with E-state index in [0.717, 1.165) is 5.52 Å². The zero-order chi connectivity index (χ0) is 14.5. The minimum absolute atomic E-state index is 0.137. The number of aromatic amines is 1. The van der Waals surface area contributed by atoms with Gasteiger partial charge in [0.25, 0.3) is 15.9 Å². The molecule has 1 aromatic heterocycles. The maximum Gasteiger partial charge on any atom is 0.264 e. The number of halogens is 2. The van der Waals surface area contributed by atoms with Crippen LogP contribution in [0.3, 0.4) is 0 Å². The lowest BCUT2D eigenvalue weighted by molar-refractivity contribution is -0.122. The van der Waals surface area contributed by atoms with Crippen molar-refractivity contribution in [2.24, 2.45) is 5.92 Å². The highest BCUT2D eigenvalue weighted by Crippen LogP contribution is 2.48. The van der Waals surface area contributed by atoms with Crippen molar-refractivity contribution >= 4 is 26.8 Å². The topological polar surface area (TPSA) is 79.0 Å². The number of carbonyl (C=O) groups excluding carboxylic acids is 1. The first kappa shape index (κ1) is 13.0. The first-order valence-electron chi connectivity index (χ1n) is 5.81. The summed E-state index contributed by atoms with van der Waals surface area (Å²) in [4.78, 5) is 14.2. The molecule has 0 saturated heterocycles. The lowest BCUT2D eigenvalue weighted by atomic mass is 10.2. The molecule has 1 amide bonds. The summed E-state index contributed by atoms with van der Waals surface area (Å²) >= 11 is 0. The number of sulfonamides is 1. The van der Waals surface area contributed by atoms with Gasteiger partial charge in [-0.3, -0.25) is 4.79 Å². The van der Waals surface area contributed by atoms with Crippen LogP contribution in [0.1, 0.15) is 6.42 Å². The van der Waals surface area contributed by atoms with E-state index in [2.05, 4.69) is 4.98 Å². The van der Waals surface area contributed by atoms with Crippen LogP contribution in [0.4, 0.5) is 8.78 Å². The molecule has 1 aromatic carbocycles. The number of aromatic nitrogens is 1. The van der Waals surface area contributed by atoms with Crippen molar-refractivity contribution in [2.75, 3.05) is 0 Å². The number of amides is 1. The molecule has 2 aromatic rings. The fourth-order valence-electron chi connectivity index (χ4n) is 1.96. The lowest BCUT2D eigenvalue weighted by Crippen LogP contribution is -2.33. The highest BCUT2D eigenvalue weighted by Gasteiger charge is 2.61. The second kappa shape index (κ2) is 4.02. The Morgan fingerprint density at radius 2 is 2.05 bits per heavy atom. The second-order valence-corrected chi connectivity index (χ2v) is 6.40. The van der Waals surface area contributed by atoms with Gasteiger partial charge in [-0.25, -0.2) is 21.9 Å². The fourth-order valence-corrected chi connectivity index (χ4v) is 3.01. The number of hydrogen-bond donors (Lipinski definition) is 2. The minimum atomic E-state index is -4.13. The van der Waals surface area contributed by atoms with Gasteiger partial charge in [-0.1, -0.05) is 0 Å². The molecule has 1 heterocycles. The summed E-state index contributed by atoms with van der Waals surface area (Å²) in [5.41, 5.74) is 0.740. The molecule has 5 nitrogen and oxygen atoms in total. The summed E-state index contributed by atoms with van der Waals surface area (Å²) in [6.07, 6.45) is 1.04. The Morgan fingerprint density at radius 3 is 2.70 bits per heavy atom. The molecule has 1 unspecified atom stereocenters. The molecule has 0 bridgehead atoms. The van der Waals surface area contributed by atoms with Gasteiger partial charge in [0.15, 0.2) is 0 Å². The van der Waals surface area contributed by atoms with Gasteiger partial charge in [-0.15, -0.1) is 0 Å². The van der Waals surface area contributed by atoms with E-state index in [-0.39, 0.29) is 4.90 Å². The van der Waals surface area contributed by atoms with E-state index < -0.39 is 34.2 Å². The number of alkyl halides is 2. The third-order valence-electron chi connectivity index (χ3n) is 3.21. The summed E-state index contributed by atoms with van der Waals surface area (Å²) < 4.78 is 51.1. The molecule has 0 radical (unpaired) electrons. The molecule has 20 heavy (non-hydrogen) atoms. The molecule has 0 aliphatic heterocycles. The molecular formula is C12H10F2N2O3S. The van der Waals surface area contributed by atoms with Gasteiger partial charge >= 0.3 is 0 Å². The monoisotopic (exact) mass is 300 g/mol. The Bertz CT molecular complexity index is 798. The van der Waals surface area contributed by atoms with Gasteiger partial charge in [0, 0.05) is 23.5 Å². The number of carbonyl (C=O) groups is 1. The average Bonchev–Trinajstić information content (AvgIpc) is 2.82. The van der Waals surface area contributed by atoms with Crippen LogP contribution in [0.5, 0.6) is 0 Å². The van der Waals surface area contributed by atoms with Crippen molar-refractivity contribution in [1.82, 2.24) is 9.71 Å². The summed E-state index contributed by atoms with van der Waals surface area (Å²) in [6.45, 7) is 0.